The van der Waals surface area contributed by atoms with Crippen molar-refractivity contribution in [3.63, 3.8) is 0 Å². The first kappa shape index (κ1) is 14.1. The third-order valence-corrected chi connectivity index (χ3v) is 4.13. The van der Waals surface area contributed by atoms with Gasteiger partial charge in [-0.1, -0.05) is 38.2 Å². The SMILES string of the molecule is CCC(Cl)CC1C=CC(CC(Cl)CC)C=C1. The van der Waals surface area contributed by atoms with Crippen LogP contribution in [-0.2, 0) is 0 Å². The Morgan fingerprint density at radius 3 is 1.38 bits per heavy atom. The van der Waals surface area contributed by atoms with Crippen LogP contribution in [0.1, 0.15) is 39.5 Å². The van der Waals surface area contributed by atoms with Crippen LogP contribution in [0, 0.1) is 11.8 Å². The summed E-state index contributed by atoms with van der Waals surface area (Å²) < 4.78 is 0. The van der Waals surface area contributed by atoms with Crippen LogP contribution in [0.5, 0.6) is 0 Å². The molecule has 0 saturated heterocycles. The third kappa shape index (κ3) is 4.93. The molecule has 0 aromatic rings. The molecular formula is C14H22Cl2. The molecule has 0 radical (unpaired) electrons. The van der Waals surface area contributed by atoms with Crippen LogP contribution in [-0.4, -0.2) is 10.8 Å². The summed E-state index contributed by atoms with van der Waals surface area (Å²) in [6.07, 6.45) is 13.3. The fraction of sp³-hybridized carbons (Fsp3) is 0.714. The van der Waals surface area contributed by atoms with Crippen LogP contribution >= 0.6 is 23.2 Å². The van der Waals surface area contributed by atoms with E-state index in [0.29, 0.717) is 22.6 Å². The largest absolute Gasteiger partial charge is 0.123 e. The molecule has 0 aromatic carbocycles. The molecule has 2 heteroatoms. The van der Waals surface area contributed by atoms with Gasteiger partial charge in [0.25, 0.3) is 0 Å². The maximum Gasteiger partial charge on any atom is 0.0342 e. The highest BCUT2D eigenvalue weighted by Gasteiger charge is 2.14. The first-order valence-corrected chi connectivity index (χ1v) is 7.17. The van der Waals surface area contributed by atoms with Gasteiger partial charge in [-0.3, -0.25) is 0 Å². The van der Waals surface area contributed by atoms with Crippen molar-refractivity contribution in [3.05, 3.63) is 24.3 Å². The molecule has 0 aliphatic heterocycles. The number of hydrogen-bond donors (Lipinski definition) is 0. The number of rotatable bonds is 6. The minimum absolute atomic E-state index is 0.298. The highest BCUT2D eigenvalue weighted by molar-refractivity contribution is 6.20. The summed E-state index contributed by atoms with van der Waals surface area (Å²) >= 11 is 12.3. The number of alkyl halides is 2. The highest BCUT2D eigenvalue weighted by Crippen LogP contribution is 2.25. The number of hydrogen-bond acceptors (Lipinski definition) is 0. The molecule has 0 aromatic heterocycles. The fourth-order valence-electron chi connectivity index (χ4n) is 1.94. The van der Waals surface area contributed by atoms with Gasteiger partial charge in [0.2, 0.25) is 0 Å². The first-order chi connectivity index (χ1) is 7.65. The lowest BCUT2D eigenvalue weighted by Crippen LogP contribution is -2.10. The normalized spacial score (nSPS) is 28.0. The van der Waals surface area contributed by atoms with Crippen LogP contribution in [0.3, 0.4) is 0 Å². The zero-order valence-corrected chi connectivity index (χ0v) is 11.7. The summed E-state index contributed by atoms with van der Waals surface area (Å²) in [4.78, 5) is 0. The van der Waals surface area contributed by atoms with Gasteiger partial charge in [-0.25, -0.2) is 0 Å². The van der Waals surface area contributed by atoms with Gasteiger partial charge < -0.3 is 0 Å². The van der Waals surface area contributed by atoms with Gasteiger partial charge in [-0.15, -0.1) is 23.2 Å². The first-order valence-electron chi connectivity index (χ1n) is 6.30. The predicted molar refractivity (Wildman–Crippen MR) is 74.4 cm³/mol. The molecule has 0 fully saturated rings. The molecule has 16 heavy (non-hydrogen) atoms. The maximum absolute atomic E-state index is 6.15. The molecule has 0 spiro atoms. The van der Waals surface area contributed by atoms with E-state index >= 15 is 0 Å². The summed E-state index contributed by atoms with van der Waals surface area (Å²) in [5.74, 6) is 1.04. The zero-order chi connectivity index (χ0) is 12.0. The van der Waals surface area contributed by atoms with Crippen LogP contribution in [0.4, 0.5) is 0 Å². The van der Waals surface area contributed by atoms with Crippen molar-refractivity contribution < 1.29 is 0 Å². The van der Waals surface area contributed by atoms with Gasteiger partial charge in [0.05, 0.1) is 0 Å². The van der Waals surface area contributed by atoms with Crippen molar-refractivity contribution in [2.24, 2.45) is 11.8 Å². The van der Waals surface area contributed by atoms with Crippen LogP contribution in [0.15, 0.2) is 24.3 Å². The standard InChI is InChI=1S/C14H22Cl2/c1-3-13(15)9-11-5-7-12(8-6-11)10-14(16)4-2/h5-8,11-14H,3-4,9-10H2,1-2H3. The molecule has 1 rings (SSSR count). The molecule has 0 saturated carbocycles. The van der Waals surface area contributed by atoms with Crippen molar-refractivity contribution in [3.8, 4) is 0 Å². The van der Waals surface area contributed by atoms with Gasteiger partial charge in [-0.2, -0.15) is 0 Å². The number of halogens is 2. The Hall–Kier alpha value is 0.0600. The Bertz CT molecular complexity index is 207. The average Bonchev–Trinajstić information content (AvgIpc) is 2.31. The smallest absolute Gasteiger partial charge is 0.0342 e. The molecule has 0 N–H and O–H groups in total. The van der Waals surface area contributed by atoms with E-state index in [9.17, 15) is 0 Å². The minimum atomic E-state index is 0.298. The van der Waals surface area contributed by atoms with Crippen molar-refractivity contribution >= 4 is 23.2 Å². The minimum Gasteiger partial charge on any atom is -0.123 e. The Kier molecular flexibility index (Phi) is 6.53. The second-order valence-corrected chi connectivity index (χ2v) is 5.81. The van der Waals surface area contributed by atoms with Gasteiger partial charge in [-0.05, 0) is 37.5 Å². The highest BCUT2D eigenvalue weighted by atomic mass is 35.5. The molecule has 2 unspecified atom stereocenters. The van der Waals surface area contributed by atoms with E-state index in [4.69, 9.17) is 23.2 Å². The summed E-state index contributed by atoms with van der Waals surface area (Å²) in [6, 6.07) is 0. The predicted octanol–water partition coefficient (Wildman–Crippen LogP) is 5.16. The van der Waals surface area contributed by atoms with Crippen molar-refractivity contribution in [1.29, 1.82) is 0 Å². The molecule has 1 aliphatic carbocycles. The van der Waals surface area contributed by atoms with Gasteiger partial charge in [0, 0.05) is 10.8 Å². The lowest BCUT2D eigenvalue weighted by Gasteiger charge is -2.19. The second kappa shape index (κ2) is 7.40. The molecule has 1 aliphatic rings. The molecule has 92 valence electrons. The van der Waals surface area contributed by atoms with Gasteiger partial charge in [0.15, 0.2) is 0 Å². The third-order valence-electron chi connectivity index (χ3n) is 3.15. The molecule has 0 nitrogen and oxygen atoms in total. The van der Waals surface area contributed by atoms with Gasteiger partial charge >= 0.3 is 0 Å². The fourth-order valence-corrected chi connectivity index (χ4v) is 2.35. The summed E-state index contributed by atoms with van der Waals surface area (Å²) in [5.41, 5.74) is 0. The average molecular weight is 261 g/mol. The zero-order valence-electron chi connectivity index (χ0n) is 10.2. The lowest BCUT2D eigenvalue weighted by atomic mass is 9.90. The Morgan fingerprint density at radius 2 is 1.12 bits per heavy atom. The van der Waals surface area contributed by atoms with Crippen molar-refractivity contribution in [2.75, 3.05) is 0 Å². The molecule has 2 atom stereocenters. The second-order valence-electron chi connectivity index (χ2n) is 4.58. The van der Waals surface area contributed by atoms with E-state index in [1.807, 2.05) is 0 Å². The summed E-state index contributed by atoms with van der Waals surface area (Å²) in [7, 11) is 0. The summed E-state index contributed by atoms with van der Waals surface area (Å²) in [5, 5.41) is 0.597. The lowest BCUT2D eigenvalue weighted by molar-refractivity contribution is 0.601. The molecule has 0 amide bonds. The topological polar surface area (TPSA) is 0 Å². The van der Waals surface area contributed by atoms with E-state index in [1.165, 1.54) is 0 Å². The van der Waals surface area contributed by atoms with E-state index in [1.54, 1.807) is 0 Å². The molecule has 0 heterocycles. The van der Waals surface area contributed by atoms with Crippen LogP contribution < -0.4 is 0 Å². The monoisotopic (exact) mass is 260 g/mol. The van der Waals surface area contributed by atoms with E-state index in [0.717, 1.165) is 25.7 Å². The van der Waals surface area contributed by atoms with Crippen molar-refractivity contribution in [2.45, 2.75) is 50.3 Å². The van der Waals surface area contributed by atoms with E-state index in [-0.39, 0.29) is 0 Å². The van der Waals surface area contributed by atoms with E-state index < -0.39 is 0 Å². The Morgan fingerprint density at radius 1 is 0.812 bits per heavy atom. The maximum atomic E-state index is 6.15. The Balaban J connectivity index is 2.34. The Labute approximate surface area is 110 Å². The summed E-state index contributed by atoms with van der Waals surface area (Å²) in [6.45, 7) is 4.27. The van der Waals surface area contributed by atoms with Crippen LogP contribution in [0.2, 0.25) is 0 Å². The number of allylic oxidation sites excluding steroid dienone is 4. The van der Waals surface area contributed by atoms with E-state index in [2.05, 4.69) is 38.2 Å². The van der Waals surface area contributed by atoms with Gasteiger partial charge in [0.1, 0.15) is 0 Å². The quantitative estimate of drug-likeness (QED) is 0.457. The molecule has 0 bridgehead atoms. The van der Waals surface area contributed by atoms with Crippen LogP contribution in [0.25, 0.3) is 0 Å². The van der Waals surface area contributed by atoms with Crippen molar-refractivity contribution in [1.82, 2.24) is 0 Å². The molecular weight excluding hydrogens is 239 g/mol.